The summed E-state index contributed by atoms with van der Waals surface area (Å²) >= 11 is 0. The molecule has 0 bridgehead atoms. The zero-order valence-corrected chi connectivity index (χ0v) is 12.1. The molecule has 0 spiro atoms. The van der Waals surface area contributed by atoms with Crippen molar-refractivity contribution in [2.24, 2.45) is 11.7 Å². The summed E-state index contributed by atoms with van der Waals surface area (Å²) in [4.78, 5) is 39.3. The molecule has 21 heavy (non-hydrogen) atoms. The lowest BCUT2D eigenvalue weighted by Crippen LogP contribution is -2.44. The Balaban J connectivity index is 2.28. The van der Waals surface area contributed by atoms with Crippen molar-refractivity contribution in [1.82, 2.24) is 9.88 Å². The average molecular weight is 293 g/mol. The number of nitrogens with zero attached hydrogens (tertiary/aromatic N) is 1. The number of carboxylic acids is 1. The maximum absolute atomic E-state index is 12.6. The fourth-order valence-corrected chi connectivity index (χ4v) is 2.84. The largest absolute Gasteiger partial charge is 0.477 e. The highest BCUT2D eigenvalue weighted by Gasteiger charge is 2.30. The predicted octanol–water partition coefficient (Wildman–Crippen LogP) is 0.667. The lowest BCUT2D eigenvalue weighted by atomic mass is 9.96. The van der Waals surface area contributed by atoms with Crippen LogP contribution in [0.1, 0.15) is 44.9 Å². The summed E-state index contributed by atoms with van der Waals surface area (Å²) in [6.45, 7) is 4.12. The van der Waals surface area contributed by atoms with Crippen molar-refractivity contribution in [3.05, 3.63) is 22.5 Å². The van der Waals surface area contributed by atoms with Gasteiger partial charge in [-0.2, -0.15) is 0 Å². The lowest BCUT2D eigenvalue weighted by molar-refractivity contribution is -0.123. The number of amides is 2. The van der Waals surface area contributed by atoms with Crippen molar-refractivity contribution in [3.63, 3.8) is 0 Å². The Labute approximate surface area is 122 Å². The third kappa shape index (κ3) is 2.76. The number of nitrogens with two attached hydrogens (primary N) is 1. The third-order valence-corrected chi connectivity index (χ3v) is 3.98. The maximum atomic E-state index is 12.6. The molecule has 1 atom stereocenters. The van der Waals surface area contributed by atoms with E-state index in [-0.39, 0.29) is 17.5 Å². The van der Waals surface area contributed by atoms with Crippen LogP contribution in [0.25, 0.3) is 0 Å². The van der Waals surface area contributed by atoms with Crippen LogP contribution in [0.15, 0.2) is 0 Å². The number of hydrogen-bond acceptors (Lipinski definition) is 3. The van der Waals surface area contributed by atoms with Crippen LogP contribution < -0.4 is 5.73 Å². The monoisotopic (exact) mass is 293 g/mol. The molecule has 1 aromatic rings. The van der Waals surface area contributed by atoms with E-state index in [4.69, 9.17) is 10.8 Å². The van der Waals surface area contributed by atoms with Gasteiger partial charge in [0.1, 0.15) is 5.69 Å². The number of hydrogen-bond donors (Lipinski definition) is 3. The number of aryl methyl sites for hydroxylation is 1. The number of aromatic nitrogens is 1. The van der Waals surface area contributed by atoms with Crippen molar-refractivity contribution < 1.29 is 19.5 Å². The number of H-pyrrole nitrogens is 1. The van der Waals surface area contributed by atoms with Gasteiger partial charge >= 0.3 is 5.97 Å². The quantitative estimate of drug-likeness (QED) is 0.759. The van der Waals surface area contributed by atoms with Gasteiger partial charge in [0, 0.05) is 18.8 Å². The number of primary amides is 1. The Hall–Kier alpha value is -2.31. The highest BCUT2D eigenvalue weighted by atomic mass is 16.4. The number of rotatable bonds is 3. The summed E-state index contributed by atoms with van der Waals surface area (Å²) in [5, 5.41) is 9.09. The Morgan fingerprint density at radius 2 is 2.00 bits per heavy atom. The summed E-state index contributed by atoms with van der Waals surface area (Å²) in [6.07, 6.45) is 1.40. The smallest absolute Gasteiger partial charge is 0.352 e. The number of nitrogens with one attached hydrogen (secondary N) is 1. The molecule has 0 aromatic carbocycles. The predicted molar refractivity (Wildman–Crippen MR) is 75.0 cm³/mol. The molecule has 7 heteroatoms. The van der Waals surface area contributed by atoms with Crippen LogP contribution in [0.4, 0.5) is 0 Å². The van der Waals surface area contributed by atoms with Gasteiger partial charge in [0.15, 0.2) is 0 Å². The van der Waals surface area contributed by atoms with Gasteiger partial charge < -0.3 is 20.7 Å². The number of carbonyl (C=O) groups excluding carboxylic acids is 2. The van der Waals surface area contributed by atoms with Gasteiger partial charge in [0.05, 0.1) is 11.5 Å². The minimum absolute atomic E-state index is 0.0271. The first-order valence-electron chi connectivity index (χ1n) is 6.84. The van der Waals surface area contributed by atoms with Crippen molar-refractivity contribution in [2.75, 3.05) is 13.1 Å². The summed E-state index contributed by atoms with van der Waals surface area (Å²) in [6, 6.07) is 0. The SMILES string of the molecule is Cc1[nH]c(C(=O)O)c(C)c1C(=O)N1CCCC(C(N)=O)C1. The number of aromatic amines is 1. The second-order valence-electron chi connectivity index (χ2n) is 5.42. The first kappa shape index (κ1) is 15.1. The zero-order valence-electron chi connectivity index (χ0n) is 12.1. The minimum atomic E-state index is -1.09. The molecule has 0 aliphatic carbocycles. The van der Waals surface area contributed by atoms with Gasteiger partial charge in [-0.1, -0.05) is 0 Å². The Kier molecular flexibility index (Phi) is 4.02. The van der Waals surface area contributed by atoms with E-state index in [1.54, 1.807) is 18.7 Å². The average Bonchev–Trinajstić information content (AvgIpc) is 2.73. The van der Waals surface area contributed by atoms with E-state index >= 15 is 0 Å². The van der Waals surface area contributed by atoms with Crippen LogP contribution in [0, 0.1) is 19.8 Å². The number of piperidine rings is 1. The molecule has 0 saturated carbocycles. The summed E-state index contributed by atoms with van der Waals surface area (Å²) in [5.41, 5.74) is 6.66. The van der Waals surface area contributed by atoms with Gasteiger partial charge in [0.2, 0.25) is 5.91 Å². The number of carboxylic acid groups (broad SMARTS) is 1. The fraction of sp³-hybridized carbons (Fsp3) is 0.500. The highest BCUT2D eigenvalue weighted by Crippen LogP contribution is 2.23. The van der Waals surface area contributed by atoms with Crippen LogP contribution in [-0.4, -0.2) is 45.9 Å². The molecule has 1 aliphatic heterocycles. The van der Waals surface area contributed by atoms with E-state index in [2.05, 4.69) is 4.98 Å². The number of likely N-dealkylation sites (tertiary alicyclic amines) is 1. The van der Waals surface area contributed by atoms with E-state index in [9.17, 15) is 14.4 Å². The van der Waals surface area contributed by atoms with E-state index in [1.165, 1.54) is 0 Å². The molecular formula is C14H19N3O4. The van der Waals surface area contributed by atoms with Gasteiger partial charge in [0.25, 0.3) is 5.91 Å². The molecule has 1 aromatic heterocycles. The normalized spacial score (nSPS) is 18.6. The van der Waals surface area contributed by atoms with Crippen molar-refractivity contribution in [3.8, 4) is 0 Å². The third-order valence-electron chi connectivity index (χ3n) is 3.98. The molecule has 2 rings (SSSR count). The Morgan fingerprint density at radius 3 is 2.52 bits per heavy atom. The first-order valence-corrected chi connectivity index (χ1v) is 6.84. The van der Waals surface area contributed by atoms with E-state index in [1.807, 2.05) is 0 Å². The number of carbonyl (C=O) groups is 3. The first-order chi connectivity index (χ1) is 9.82. The molecule has 1 fully saturated rings. The van der Waals surface area contributed by atoms with Crippen LogP contribution in [0.3, 0.4) is 0 Å². The second kappa shape index (κ2) is 5.59. The van der Waals surface area contributed by atoms with Crippen molar-refractivity contribution >= 4 is 17.8 Å². The van der Waals surface area contributed by atoms with Crippen molar-refractivity contribution in [1.29, 1.82) is 0 Å². The maximum Gasteiger partial charge on any atom is 0.352 e. The molecule has 1 saturated heterocycles. The molecule has 114 valence electrons. The Morgan fingerprint density at radius 1 is 1.33 bits per heavy atom. The fourth-order valence-electron chi connectivity index (χ4n) is 2.84. The Bertz CT molecular complexity index is 606. The van der Waals surface area contributed by atoms with Gasteiger partial charge in [-0.15, -0.1) is 0 Å². The molecular weight excluding hydrogens is 274 g/mol. The van der Waals surface area contributed by atoms with Gasteiger partial charge in [-0.05, 0) is 32.3 Å². The summed E-state index contributed by atoms with van der Waals surface area (Å²) in [5.74, 6) is -2.08. The topological polar surface area (TPSA) is 116 Å². The summed E-state index contributed by atoms with van der Waals surface area (Å²) in [7, 11) is 0. The van der Waals surface area contributed by atoms with Crippen LogP contribution in [0.5, 0.6) is 0 Å². The van der Waals surface area contributed by atoms with Crippen LogP contribution in [0.2, 0.25) is 0 Å². The molecule has 7 nitrogen and oxygen atoms in total. The molecule has 1 unspecified atom stereocenters. The molecule has 1 aliphatic rings. The molecule has 4 N–H and O–H groups in total. The number of aromatic carboxylic acids is 1. The van der Waals surface area contributed by atoms with Gasteiger partial charge in [-0.25, -0.2) is 4.79 Å². The van der Waals surface area contributed by atoms with E-state index < -0.39 is 11.9 Å². The second-order valence-corrected chi connectivity index (χ2v) is 5.42. The van der Waals surface area contributed by atoms with Crippen molar-refractivity contribution in [2.45, 2.75) is 26.7 Å². The zero-order chi connectivity index (χ0) is 15.7. The molecule has 2 amide bonds. The highest BCUT2D eigenvalue weighted by molar-refractivity contribution is 6.01. The minimum Gasteiger partial charge on any atom is -0.477 e. The lowest BCUT2D eigenvalue weighted by Gasteiger charge is -2.31. The van der Waals surface area contributed by atoms with Crippen LogP contribution >= 0.6 is 0 Å². The van der Waals surface area contributed by atoms with Gasteiger partial charge in [-0.3, -0.25) is 9.59 Å². The van der Waals surface area contributed by atoms with E-state index in [0.29, 0.717) is 42.8 Å². The standard InChI is InChI=1S/C14H19N3O4/c1-7-10(8(2)16-11(7)14(20)21)13(19)17-5-3-4-9(6-17)12(15)18/h9,16H,3-6H2,1-2H3,(H2,15,18)(H,20,21). The van der Waals surface area contributed by atoms with Crippen LogP contribution in [-0.2, 0) is 4.79 Å². The molecule has 2 heterocycles. The summed E-state index contributed by atoms with van der Waals surface area (Å²) < 4.78 is 0. The van der Waals surface area contributed by atoms with E-state index in [0.717, 1.165) is 0 Å². The molecule has 0 radical (unpaired) electrons.